The molecule has 168 valence electrons. The molecule has 0 saturated carbocycles. The highest BCUT2D eigenvalue weighted by molar-refractivity contribution is 9.10. The SMILES string of the molecule is O=C(N=Nc1c(O)n(CN2CCCCCC2)c2ccc(Br)cc12)c1ccc2ccccc2n1. The first-order chi connectivity index (χ1) is 16.1. The minimum absolute atomic E-state index is 0.00960. The van der Waals surface area contributed by atoms with E-state index < -0.39 is 5.91 Å². The summed E-state index contributed by atoms with van der Waals surface area (Å²) in [5, 5.41) is 20.9. The number of hydrogen-bond donors (Lipinski definition) is 1. The van der Waals surface area contributed by atoms with Gasteiger partial charge in [0.1, 0.15) is 5.69 Å². The number of pyridine rings is 1. The van der Waals surface area contributed by atoms with Crippen LogP contribution in [-0.4, -0.2) is 38.6 Å². The van der Waals surface area contributed by atoms with E-state index in [0.29, 0.717) is 6.67 Å². The van der Waals surface area contributed by atoms with Gasteiger partial charge in [0.2, 0.25) is 5.88 Å². The Morgan fingerprint density at radius 3 is 2.64 bits per heavy atom. The third-order valence-corrected chi connectivity index (χ3v) is 6.56. The summed E-state index contributed by atoms with van der Waals surface area (Å²) in [5.74, 6) is -0.543. The summed E-state index contributed by atoms with van der Waals surface area (Å²) in [6.45, 7) is 2.57. The molecular weight excluding hydrogens is 482 g/mol. The van der Waals surface area contributed by atoms with Crippen LogP contribution in [0, 0.1) is 0 Å². The highest BCUT2D eigenvalue weighted by atomic mass is 79.9. The monoisotopic (exact) mass is 505 g/mol. The summed E-state index contributed by atoms with van der Waals surface area (Å²) >= 11 is 3.50. The zero-order chi connectivity index (χ0) is 22.8. The van der Waals surface area contributed by atoms with Crippen molar-refractivity contribution in [1.82, 2.24) is 14.5 Å². The predicted octanol–water partition coefficient (Wildman–Crippen LogP) is 6.42. The van der Waals surface area contributed by atoms with Crippen LogP contribution in [0.3, 0.4) is 0 Å². The van der Waals surface area contributed by atoms with Crippen LogP contribution in [0.2, 0.25) is 0 Å². The standard InChI is InChI=1S/C25H24BrN5O2/c26-18-10-12-22-19(15-18)23(25(33)31(22)16-30-13-5-1-2-6-14-30)28-29-24(32)21-11-9-17-7-3-4-8-20(17)27-21/h3-4,7-12,15,33H,1-2,5-6,13-14,16H2. The number of carbonyl (C=O) groups excluding carboxylic acids is 1. The van der Waals surface area contributed by atoms with Crippen molar-refractivity contribution in [2.75, 3.05) is 13.1 Å². The second-order valence-electron chi connectivity index (χ2n) is 8.33. The molecule has 2 aromatic heterocycles. The quantitative estimate of drug-likeness (QED) is 0.324. The molecule has 2 aromatic carbocycles. The molecule has 0 bridgehead atoms. The molecular formula is C25H24BrN5O2. The summed E-state index contributed by atoms with van der Waals surface area (Å²) in [7, 11) is 0. The van der Waals surface area contributed by atoms with E-state index in [0.717, 1.165) is 52.2 Å². The van der Waals surface area contributed by atoms with Crippen molar-refractivity contribution in [3.8, 4) is 5.88 Å². The lowest BCUT2D eigenvalue weighted by Gasteiger charge is -2.21. The summed E-state index contributed by atoms with van der Waals surface area (Å²) in [4.78, 5) is 19.4. The first-order valence-electron chi connectivity index (χ1n) is 11.1. The predicted molar refractivity (Wildman–Crippen MR) is 132 cm³/mol. The summed E-state index contributed by atoms with van der Waals surface area (Å²) in [5.41, 5.74) is 2.08. The number of amides is 1. The van der Waals surface area contributed by atoms with E-state index in [9.17, 15) is 9.90 Å². The van der Waals surface area contributed by atoms with Crippen LogP contribution in [-0.2, 0) is 6.67 Å². The molecule has 1 N–H and O–H groups in total. The molecule has 0 unspecified atom stereocenters. The Morgan fingerprint density at radius 1 is 1.03 bits per heavy atom. The van der Waals surface area contributed by atoms with Crippen molar-refractivity contribution in [1.29, 1.82) is 0 Å². The van der Waals surface area contributed by atoms with Gasteiger partial charge < -0.3 is 5.11 Å². The Morgan fingerprint density at radius 2 is 1.82 bits per heavy atom. The van der Waals surface area contributed by atoms with E-state index >= 15 is 0 Å². The van der Waals surface area contributed by atoms with Gasteiger partial charge in [0.15, 0.2) is 5.69 Å². The second-order valence-corrected chi connectivity index (χ2v) is 9.25. The normalized spacial score (nSPS) is 15.4. The van der Waals surface area contributed by atoms with Crippen molar-refractivity contribution in [2.24, 2.45) is 10.2 Å². The number of para-hydroxylation sites is 1. The lowest BCUT2D eigenvalue weighted by Crippen LogP contribution is -2.27. The zero-order valence-corrected chi connectivity index (χ0v) is 19.7. The summed E-state index contributed by atoms with van der Waals surface area (Å²) < 4.78 is 2.71. The number of hydrogen-bond acceptors (Lipinski definition) is 5. The van der Waals surface area contributed by atoms with E-state index in [1.54, 1.807) is 6.07 Å². The van der Waals surface area contributed by atoms with Gasteiger partial charge in [-0.2, -0.15) is 0 Å². The molecule has 0 radical (unpaired) electrons. The number of azo groups is 1. The van der Waals surface area contributed by atoms with Gasteiger partial charge in [-0.25, -0.2) is 4.98 Å². The van der Waals surface area contributed by atoms with E-state index in [4.69, 9.17) is 0 Å². The molecule has 0 aliphatic carbocycles. The molecule has 7 nitrogen and oxygen atoms in total. The van der Waals surface area contributed by atoms with E-state index in [2.05, 4.69) is 36.0 Å². The lowest BCUT2D eigenvalue weighted by molar-refractivity contribution is 0.0990. The van der Waals surface area contributed by atoms with Crippen molar-refractivity contribution in [2.45, 2.75) is 32.4 Å². The number of nitrogens with zero attached hydrogens (tertiary/aromatic N) is 5. The van der Waals surface area contributed by atoms with E-state index in [1.807, 2.05) is 53.1 Å². The number of halogens is 1. The van der Waals surface area contributed by atoms with Crippen molar-refractivity contribution in [3.63, 3.8) is 0 Å². The number of fused-ring (bicyclic) bond motifs is 2. The first-order valence-corrected chi connectivity index (χ1v) is 11.9. The molecule has 1 aliphatic rings. The van der Waals surface area contributed by atoms with Gasteiger partial charge in [0.05, 0.1) is 17.7 Å². The molecule has 4 aromatic rings. The maximum absolute atomic E-state index is 12.7. The Balaban J connectivity index is 1.48. The average Bonchev–Trinajstić information content (AvgIpc) is 2.99. The maximum atomic E-state index is 12.7. The Hall–Kier alpha value is -3.10. The van der Waals surface area contributed by atoms with Gasteiger partial charge in [-0.05, 0) is 56.3 Å². The number of benzene rings is 2. The number of likely N-dealkylation sites (tertiary alicyclic amines) is 1. The zero-order valence-electron chi connectivity index (χ0n) is 18.1. The highest BCUT2D eigenvalue weighted by Gasteiger charge is 2.20. The fraction of sp³-hybridized carbons (Fsp3) is 0.280. The summed E-state index contributed by atoms with van der Waals surface area (Å²) in [6.07, 6.45) is 4.80. The number of aromatic hydroxyl groups is 1. The molecule has 0 atom stereocenters. The highest BCUT2D eigenvalue weighted by Crippen LogP contribution is 2.40. The van der Waals surface area contributed by atoms with Crippen LogP contribution in [0.4, 0.5) is 5.69 Å². The Kier molecular flexibility index (Phi) is 6.20. The maximum Gasteiger partial charge on any atom is 0.313 e. The van der Waals surface area contributed by atoms with Crippen LogP contribution in [0.25, 0.3) is 21.8 Å². The van der Waals surface area contributed by atoms with Crippen molar-refractivity contribution < 1.29 is 9.90 Å². The lowest BCUT2D eigenvalue weighted by atomic mass is 10.2. The first kappa shape index (κ1) is 21.7. The fourth-order valence-corrected chi connectivity index (χ4v) is 4.71. The van der Waals surface area contributed by atoms with Gasteiger partial charge in [0.25, 0.3) is 0 Å². The average molecular weight is 506 g/mol. The molecule has 5 rings (SSSR count). The Labute approximate surface area is 199 Å². The number of rotatable bonds is 4. The largest absolute Gasteiger partial charge is 0.493 e. The van der Waals surface area contributed by atoms with Crippen LogP contribution in [0.1, 0.15) is 36.2 Å². The molecule has 8 heteroatoms. The molecule has 1 saturated heterocycles. The van der Waals surface area contributed by atoms with Crippen LogP contribution in [0.15, 0.2) is 69.3 Å². The molecule has 1 aliphatic heterocycles. The molecule has 1 fully saturated rings. The minimum Gasteiger partial charge on any atom is -0.493 e. The van der Waals surface area contributed by atoms with Gasteiger partial charge in [-0.1, -0.05) is 53.0 Å². The summed E-state index contributed by atoms with van der Waals surface area (Å²) in [6, 6.07) is 16.8. The Bertz CT molecular complexity index is 1360. The third kappa shape index (κ3) is 4.54. The minimum atomic E-state index is -0.552. The molecule has 33 heavy (non-hydrogen) atoms. The number of aromatic nitrogens is 2. The van der Waals surface area contributed by atoms with Crippen molar-refractivity contribution in [3.05, 3.63) is 64.8 Å². The third-order valence-electron chi connectivity index (χ3n) is 6.07. The van der Waals surface area contributed by atoms with Gasteiger partial charge in [-0.15, -0.1) is 10.2 Å². The molecule has 0 spiro atoms. The fourth-order valence-electron chi connectivity index (χ4n) is 4.35. The van der Waals surface area contributed by atoms with Gasteiger partial charge in [-0.3, -0.25) is 14.3 Å². The smallest absolute Gasteiger partial charge is 0.313 e. The molecule has 1 amide bonds. The van der Waals surface area contributed by atoms with Crippen LogP contribution < -0.4 is 0 Å². The van der Waals surface area contributed by atoms with Crippen LogP contribution >= 0.6 is 15.9 Å². The molecule has 3 heterocycles. The van der Waals surface area contributed by atoms with Gasteiger partial charge in [0, 0.05) is 15.2 Å². The second kappa shape index (κ2) is 9.41. The van der Waals surface area contributed by atoms with E-state index in [1.165, 1.54) is 12.8 Å². The topological polar surface area (TPSA) is 83.1 Å². The van der Waals surface area contributed by atoms with Crippen LogP contribution in [0.5, 0.6) is 5.88 Å². The van der Waals surface area contributed by atoms with Crippen molar-refractivity contribution >= 4 is 49.3 Å². The van der Waals surface area contributed by atoms with E-state index in [-0.39, 0.29) is 17.3 Å². The van der Waals surface area contributed by atoms with Gasteiger partial charge >= 0.3 is 5.91 Å². The number of carbonyl (C=O) groups is 1.